The van der Waals surface area contributed by atoms with E-state index >= 15 is 0 Å². The molecule has 5 nitrogen and oxygen atoms in total. The quantitative estimate of drug-likeness (QED) is 0.786. The van der Waals surface area contributed by atoms with E-state index in [0.29, 0.717) is 23.1 Å². The number of rotatable bonds is 5. The minimum Gasteiger partial charge on any atom is -0.360 e. The van der Waals surface area contributed by atoms with Crippen LogP contribution in [-0.4, -0.2) is 27.0 Å². The minimum atomic E-state index is -0.0437. The van der Waals surface area contributed by atoms with Gasteiger partial charge in [-0.1, -0.05) is 5.16 Å². The summed E-state index contributed by atoms with van der Waals surface area (Å²) in [6.07, 6.45) is 5.68. The summed E-state index contributed by atoms with van der Waals surface area (Å²) in [5.74, 6) is 1.73. The van der Waals surface area contributed by atoms with Gasteiger partial charge in [0.15, 0.2) is 5.76 Å². The van der Waals surface area contributed by atoms with Crippen LogP contribution in [0.5, 0.6) is 0 Å². The molecule has 0 spiro atoms. The van der Waals surface area contributed by atoms with Crippen molar-refractivity contribution in [2.45, 2.75) is 31.6 Å². The van der Waals surface area contributed by atoms with Crippen LogP contribution in [0.1, 0.15) is 46.3 Å². The van der Waals surface area contributed by atoms with Crippen LogP contribution in [0.3, 0.4) is 0 Å². The molecule has 3 rings (SSSR count). The SMILES string of the molecule is CSCn1nc(C)cc1C(=O)c1cnoc1C1CC1. The number of carbonyl (C=O) groups is 1. The lowest BCUT2D eigenvalue weighted by Gasteiger charge is -2.04. The fourth-order valence-corrected chi connectivity index (χ4v) is 2.59. The molecule has 2 aromatic rings. The van der Waals surface area contributed by atoms with Gasteiger partial charge in [0, 0.05) is 5.92 Å². The lowest BCUT2D eigenvalue weighted by atomic mass is 10.1. The third-order valence-electron chi connectivity index (χ3n) is 3.18. The molecule has 2 aromatic heterocycles. The molecular weight excluding hydrogens is 262 g/mol. The van der Waals surface area contributed by atoms with E-state index in [4.69, 9.17) is 4.52 Å². The Morgan fingerprint density at radius 3 is 3.05 bits per heavy atom. The average molecular weight is 277 g/mol. The topological polar surface area (TPSA) is 60.9 Å². The van der Waals surface area contributed by atoms with Gasteiger partial charge in [0.2, 0.25) is 5.78 Å². The summed E-state index contributed by atoms with van der Waals surface area (Å²) < 4.78 is 6.97. The average Bonchev–Trinajstić information content (AvgIpc) is 3.00. The molecule has 0 bridgehead atoms. The van der Waals surface area contributed by atoms with Gasteiger partial charge in [-0.2, -0.15) is 5.10 Å². The molecule has 6 heteroatoms. The number of ketones is 1. The highest BCUT2D eigenvalue weighted by Crippen LogP contribution is 2.42. The number of nitrogens with zero attached hydrogens (tertiary/aromatic N) is 3. The zero-order valence-corrected chi connectivity index (χ0v) is 11.7. The second-order valence-electron chi connectivity index (χ2n) is 4.80. The molecule has 1 aliphatic carbocycles. The highest BCUT2D eigenvalue weighted by atomic mass is 32.2. The van der Waals surface area contributed by atoms with Gasteiger partial charge in [-0.15, -0.1) is 11.8 Å². The molecule has 0 aliphatic heterocycles. The van der Waals surface area contributed by atoms with E-state index in [0.717, 1.165) is 24.3 Å². The number of aryl methyl sites for hydroxylation is 1. The van der Waals surface area contributed by atoms with Crippen LogP contribution in [0, 0.1) is 6.92 Å². The molecular formula is C13H15N3O2S. The van der Waals surface area contributed by atoms with Crippen molar-refractivity contribution in [2.24, 2.45) is 0 Å². The molecule has 19 heavy (non-hydrogen) atoms. The van der Waals surface area contributed by atoms with Gasteiger partial charge >= 0.3 is 0 Å². The number of carbonyl (C=O) groups excluding carboxylic acids is 1. The molecule has 1 aliphatic rings. The molecule has 0 atom stereocenters. The van der Waals surface area contributed by atoms with E-state index in [-0.39, 0.29) is 5.78 Å². The van der Waals surface area contributed by atoms with E-state index in [2.05, 4.69) is 10.3 Å². The normalized spacial score (nSPS) is 14.8. The van der Waals surface area contributed by atoms with Gasteiger partial charge in [0.05, 0.1) is 23.3 Å². The molecule has 0 aromatic carbocycles. The summed E-state index contributed by atoms with van der Waals surface area (Å²) in [5, 5.41) is 8.13. The molecule has 0 N–H and O–H groups in total. The second kappa shape index (κ2) is 4.85. The number of thioether (sulfide) groups is 1. The molecule has 0 radical (unpaired) electrons. The van der Waals surface area contributed by atoms with Crippen molar-refractivity contribution in [3.05, 3.63) is 35.0 Å². The molecule has 1 saturated carbocycles. The Bertz CT molecular complexity index is 613. The van der Waals surface area contributed by atoms with Gasteiger partial charge in [-0.25, -0.2) is 0 Å². The first-order valence-corrected chi connectivity index (χ1v) is 7.62. The van der Waals surface area contributed by atoms with Gasteiger partial charge in [0.25, 0.3) is 0 Å². The van der Waals surface area contributed by atoms with Gasteiger partial charge in [-0.3, -0.25) is 9.48 Å². The third-order valence-corrected chi connectivity index (χ3v) is 3.68. The maximum Gasteiger partial charge on any atom is 0.216 e. The van der Waals surface area contributed by atoms with Crippen LogP contribution >= 0.6 is 11.8 Å². The first-order chi connectivity index (χ1) is 9.20. The summed E-state index contributed by atoms with van der Waals surface area (Å²) in [6, 6.07) is 1.82. The Morgan fingerprint density at radius 2 is 2.37 bits per heavy atom. The largest absolute Gasteiger partial charge is 0.360 e. The lowest BCUT2D eigenvalue weighted by Crippen LogP contribution is -2.11. The van der Waals surface area contributed by atoms with Crippen molar-refractivity contribution >= 4 is 17.5 Å². The Hall–Kier alpha value is -1.56. The molecule has 1 fully saturated rings. The maximum absolute atomic E-state index is 12.6. The third kappa shape index (κ3) is 2.32. The molecule has 0 amide bonds. The van der Waals surface area contributed by atoms with Gasteiger partial charge in [-0.05, 0) is 32.1 Å². The first kappa shape index (κ1) is 12.5. The highest BCUT2D eigenvalue weighted by molar-refractivity contribution is 7.97. The summed E-state index contributed by atoms with van der Waals surface area (Å²) in [4.78, 5) is 12.6. The zero-order valence-electron chi connectivity index (χ0n) is 10.9. The van der Waals surface area contributed by atoms with Crippen LogP contribution in [0.4, 0.5) is 0 Å². The standard InChI is InChI=1S/C13H15N3O2S/c1-8-5-11(16(15-8)7-19-2)12(17)10-6-14-18-13(10)9-3-4-9/h5-6,9H,3-4,7H2,1-2H3. The lowest BCUT2D eigenvalue weighted by molar-refractivity contribution is 0.102. The van der Waals surface area contributed by atoms with Crippen molar-refractivity contribution in [1.29, 1.82) is 0 Å². The Labute approximate surface area is 115 Å². The highest BCUT2D eigenvalue weighted by Gasteiger charge is 2.33. The molecule has 2 heterocycles. The van der Waals surface area contributed by atoms with Crippen molar-refractivity contribution < 1.29 is 9.32 Å². The van der Waals surface area contributed by atoms with Gasteiger partial charge < -0.3 is 4.52 Å². The van der Waals surface area contributed by atoms with Crippen molar-refractivity contribution in [2.75, 3.05) is 6.26 Å². The number of hydrogen-bond acceptors (Lipinski definition) is 5. The van der Waals surface area contributed by atoms with E-state index < -0.39 is 0 Å². The van der Waals surface area contributed by atoms with Crippen LogP contribution in [0.25, 0.3) is 0 Å². The zero-order chi connectivity index (χ0) is 13.4. The number of aromatic nitrogens is 3. The fourth-order valence-electron chi connectivity index (χ4n) is 2.15. The predicted molar refractivity (Wildman–Crippen MR) is 72.4 cm³/mol. The van der Waals surface area contributed by atoms with E-state index in [1.807, 2.05) is 19.2 Å². The van der Waals surface area contributed by atoms with E-state index in [9.17, 15) is 4.79 Å². The second-order valence-corrected chi connectivity index (χ2v) is 5.63. The Morgan fingerprint density at radius 1 is 1.58 bits per heavy atom. The van der Waals surface area contributed by atoms with Crippen LogP contribution < -0.4 is 0 Å². The molecule has 0 saturated heterocycles. The smallest absolute Gasteiger partial charge is 0.216 e. The van der Waals surface area contributed by atoms with Crippen LogP contribution in [-0.2, 0) is 5.88 Å². The molecule has 0 unspecified atom stereocenters. The maximum atomic E-state index is 12.6. The predicted octanol–water partition coefficient (Wildman–Crippen LogP) is 2.61. The van der Waals surface area contributed by atoms with Crippen molar-refractivity contribution in [1.82, 2.24) is 14.9 Å². The summed E-state index contributed by atoms with van der Waals surface area (Å²) in [6.45, 7) is 1.89. The fraction of sp³-hybridized carbons (Fsp3) is 0.462. The number of hydrogen-bond donors (Lipinski definition) is 0. The minimum absolute atomic E-state index is 0.0437. The van der Waals surface area contributed by atoms with Gasteiger partial charge in [0.1, 0.15) is 5.69 Å². The Balaban J connectivity index is 1.96. The van der Waals surface area contributed by atoms with E-state index in [1.165, 1.54) is 6.20 Å². The monoisotopic (exact) mass is 277 g/mol. The summed E-state index contributed by atoms with van der Waals surface area (Å²) in [7, 11) is 0. The van der Waals surface area contributed by atoms with Crippen LogP contribution in [0.2, 0.25) is 0 Å². The molecule has 100 valence electrons. The Kier molecular flexibility index (Phi) is 3.18. The summed E-state index contributed by atoms with van der Waals surface area (Å²) in [5.41, 5.74) is 2.04. The van der Waals surface area contributed by atoms with Crippen LogP contribution in [0.15, 0.2) is 16.8 Å². The first-order valence-electron chi connectivity index (χ1n) is 6.23. The van der Waals surface area contributed by atoms with E-state index in [1.54, 1.807) is 16.4 Å². The van der Waals surface area contributed by atoms with Crippen molar-refractivity contribution in [3.63, 3.8) is 0 Å². The summed E-state index contributed by atoms with van der Waals surface area (Å²) >= 11 is 1.63. The van der Waals surface area contributed by atoms with Crippen molar-refractivity contribution in [3.8, 4) is 0 Å².